The molecule has 0 bridgehead atoms. The van der Waals surface area contributed by atoms with Crippen LogP contribution in [0.4, 0.5) is 0 Å². The first kappa shape index (κ1) is 18.1. The molecule has 0 unspecified atom stereocenters. The predicted molar refractivity (Wildman–Crippen MR) is 90.3 cm³/mol. The van der Waals surface area contributed by atoms with E-state index in [0.29, 0.717) is 12.4 Å². The molecule has 0 spiro atoms. The van der Waals surface area contributed by atoms with Crippen molar-refractivity contribution in [2.45, 2.75) is 46.1 Å². The summed E-state index contributed by atoms with van der Waals surface area (Å²) in [5.74, 6) is 1.32. The maximum Gasteiger partial charge on any atom is 0.244 e. The lowest BCUT2D eigenvalue weighted by Gasteiger charge is -2.11. The van der Waals surface area contributed by atoms with Crippen molar-refractivity contribution in [1.82, 2.24) is 5.32 Å². The van der Waals surface area contributed by atoms with Crippen LogP contribution in [0.1, 0.15) is 45.6 Å². The first-order chi connectivity index (χ1) is 10.6. The molecule has 1 aromatic carbocycles. The highest BCUT2D eigenvalue weighted by atomic mass is 16.5. The molecule has 1 amide bonds. The van der Waals surface area contributed by atoms with Crippen molar-refractivity contribution in [3.8, 4) is 11.5 Å². The molecular weight excluding hydrogens is 278 g/mol. The lowest BCUT2D eigenvalue weighted by Crippen LogP contribution is -2.28. The SMILES string of the molecule is CCCCCOc1ccc(C=CC(=O)NC(C)C)cc1OC. The van der Waals surface area contributed by atoms with Crippen molar-refractivity contribution in [2.75, 3.05) is 13.7 Å². The van der Waals surface area contributed by atoms with Crippen molar-refractivity contribution >= 4 is 12.0 Å². The Bertz CT molecular complexity index is 495. The van der Waals surface area contributed by atoms with E-state index in [4.69, 9.17) is 9.47 Å². The number of nitrogens with one attached hydrogen (secondary N) is 1. The van der Waals surface area contributed by atoms with Crippen molar-refractivity contribution in [2.24, 2.45) is 0 Å². The van der Waals surface area contributed by atoms with Gasteiger partial charge in [0.1, 0.15) is 0 Å². The number of hydrogen-bond acceptors (Lipinski definition) is 3. The number of hydrogen-bond donors (Lipinski definition) is 1. The fraction of sp³-hybridized carbons (Fsp3) is 0.500. The number of unbranched alkanes of at least 4 members (excludes halogenated alkanes) is 2. The summed E-state index contributed by atoms with van der Waals surface area (Å²) in [4.78, 5) is 11.6. The molecule has 0 aliphatic rings. The van der Waals surface area contributed by atoms with Gasteiger partial charge >= 0.3 is 0 Å². The van der Waals surface area contributed by atoms with Crippen LogP contribution in [0.5, 0.6) is 11.5 Å². The molecule has 0 heterocycles. The highest BCUT2D eigenvalue weighted by Crippen LogP contribution is 2.28. The molecule has 0 aliphatic heterocycles. The van der Waals surface area contributed by atoms with E-state index in [1.165, 1.54) is 12.5 Å². The van der Waals surface area contributed by atoms with Gasteiger partial charge in [-0.1, -0.05) is 25.8 Å². The molecule has 0 aromatic heterocycles. The van der Waals surface area contributed by atoms with E-state index in [2.05, 4.69) is 12.2 Å². The number of rotatable bonds is 9. The Morgan fingerprint density at radius 3 is 2.68 bits per heavy atom. The lowest BCUT2D eigenvalue weighted by molar-refractivity contribution is -0.116. The molecule has 0 aliphatic carbocycles. The van der Waals surface area contributed by atoms with Crippen LogP contribution in [0.3, 0.4) is 0 Å². The third-order valence-electron chi connectivity index (χ3n) is 3.05. The van der Waals surface area contributed by atoms with E-state index in [-0.39, 0.29) is 11.9 Å². The minimum absolute atomic E-state index is 0.103. The number of carbonyl (C=O) groups is 1. The first-order valence-corrected chi connectivity index (χ1v) is 7.86. The van der Waals surface area contributed by atoms with Crippen molar-refractivity contribution in [1.29, 1.82) is 0 Å². The Balaban J connectivity index is 2.67. The molecule has 1 N–H and O–H groups in total. The van der Waals surface area contributed by atoms with Crippen LogP contribution in [0.15, 0.2) is 24.3 Å². The molecule has 22 heavy (non-hydrogen) atoms. The molecule has 0 atom stereocenters. The maximum absolute atomic E-state index is 11.6. The Hall–Kier alpha value is -1.97. The van der Waals surface area contributed by atoms with Gasteiger partial charge in [0.2, 0.25) is 5.91 Å². The molecule has 0 radical (unpaired) electrons. The lowest BCUT2D eigenvalue weighted by atomic mass is 10.2. The first-order valence-electron chi connectivity index (χ1n) is 7.86. The second-order valence-corrected chi connectivity index (χ2v) is 5.46. The monoisotopic (exact) mass is 305 g/mol. The maximum atomic E-state index is 11.6. The summed E-state index contributed by atoms with van der Waals surface area (Å²) >= 11 is 0. The van der Waals surface area contributed by atoms with Gasteiger partial charge in [-0.25, -0.2) is 0 Å². The Kier molecular flexibility index (Phi) is 8.11. The quantitative estimate of drug-likeness (QED) is 0.557. The Morgan fingerprint density at radius 1 is 1.27 bits per heavy atom. The molecule has 1 rings (SSSR count). The standard InChI is InChI=1S/C18H27NO3/c1-5-6-7-12-22-16-10-8-15(13-17(16)21-4)9-11-18(20)19-14(2)3/h8-11,13-14H,5-7,12H2,1-4H3,(H,19,20). The molecule has 122 valence electrons. The number of carbonyl (C=O) groups excluding carboxylic acids is 1. The van der Waals surface area contributed by atoms with Crippen LogP contribution in [0.25, 0.3) is 6.08 Å². The van der Waals surface area contributed by atoms with Crippen LogP contribution in [0, 0.1) is 0 Å². The molecular formula is C18H27NO3. The third kappa shape index (κ3) is 6.66. The minimum Gasteiger partial charge on any atom is -0.493 e. The van der Waals surface area contributed by atoms with Crippen LogP contribution in [0.2, 0.25) is 0 Å². The highest BCUT2D eigenvalue weighted by molar-refractivity contribution is 5.91. The molecule has 0 saturated carbocycles. The van der Waals surface area contributed by atoms with Crippen molar-refractivity contribution in [3.63, 3.8) is 0 Å². The summed E-state index contributed by atoms with van der Waals surface area (Å²) < 4.78 is 11.1. The summed E-state index contributed by atoms with van der Waals surface area (Å²) in [6.45, 7) is 6.71. The minimum atomic E-state index is -0.103. The second kappa shape index (κ2) is 9.87. The molecule has 4 nitrogen and oxygen atoms in total. The molecule has 0 fully saturated rings. The van der Waals surface area contributed by atoms with Gasteiger partial charge in [-0.05, 0) is 44.0 Å². The summed E-state index contributed by atoms with van der Waals surface area (Å²) in [5.41, 5.74) is 0.900. The normalized spacial score (nSPS) is 11.0. The van der Waals surface area contributed by atoms with Gasteiger partial charge in [0, 0.05) is 12.1 Å². The number of ether oxygens (including phenoxy) is 2. The fourth-order valence-electron chi connectivity index (χ4n) is 1.95. The smallest absolute Gasteiger partial charge is 0.244 e. The zero-order valence-electron chi connectivity index (χ0n) is 14.0. The molecule has 4 heteroatoms. The van der Waals surface area contributed by atoms with Gasteiger partial charge in [0.15, 0.2) is 11.5 Å². The van der Waals surface area contributed by atoms with E-state index >= 15 is 0 Å². The summed E-state index contributed by atoms with van der Waals surface area (Å²) in [7, 11) is 1.62. The van der Waals surface area contributed by atoms with Gasteiger partial charge in [0.05, 0.1) is 13.7 Å². The summed E-state index contributed by atoms with van der Waals surface area (Å²) in [6.07, 6.45) is 6.66. The number of benzene rings is 1. The molecule has 0 saturated heterocycles. The number of amides is 1. The largest absolute Gasteiger partial charge is 0.493 e. The second-order valence-electron chi connectivity index (χ2n) is 5.46. The highest BCUT2D eigenvalue weighted by Gasteiger charge is 2.05. The van der Waals surface area contributed by atoms with Gasteiger partial charge < -0.3 is 14.8 Å². The van der Waals surface area contributed by atoms with Gasteiger partial charge in [-0.15, -0.1) is 0 Å². The zero-order valence-corrected chi connectivity index (χ0v) is 14.0. The topological polar surface area (TPSA) is 47.6 Å². The molecule has 1 aromatic rings. The van der Waals surface area contributed by atoms with Crippen molar-refractivity contribution < 1.29 is 14.3 Å². The summed E-state index contributed by atoms with van der Waals surface area (Å²) in [5, 5.41) is 2.81. The van der Waals surface area contributed by atoms with Gasteiger partial charge in [0.25, 0.3) is 0 Å². The van der Waals surface area contributed by atoms with E-state index in [0.717, 1.165) is 24.2 Å². The van der Waals surface area contributed by atoms with Crippen molar-refractivity contribution in [3.05, 3.63) is 29.8 Å². The average molecular weight is 305 g/mol. The van der Waals surface area contributed by atoms with Crippen LogP contribution in [-0.4, -0.2) is 25.7 Å². The zero-order chi connectivity index (χ0) is 16.4. The van der Waals surface area contributed by atoms with Gasteiger partial charge in [-0.3, -0.25) is 4.79 Å². The van der Waals surface area contributed by atoms with Crippen LogP contribution in [-0.2, 0) is 4.79 Å². The Morgan fingerprint density at radius 2 is 2.05 bits per heavy atom. The summed E-state index contributed by atoms with van der Waals surface area (Å²) in [6, 6.07) is 5.79. The van der Waals surface area contributed by atoms with Crippen LogP contribution >= 0.6 is 0 Å². The van der Waals surface area contributed by atoms with E-state index < -0.39 is 0 Å². The van der Waals surface area contributed by atoms with E-state index in [9.17, 15) is 4.79 Å². The van der Waals surface area contributed by atoms with E-state index in [1.54, 1.807) is 13.2 Å². The van der Waals surface area contributed by atoms with Gasteiger partial charge in [-0.2, -0.15) is 0 Å². The third-order valence-corrected chi connectivity index (χ3v) is 3.05. The predicted octanol–water partition coefficient (Wildman–Crippen LogP) is 3.80. The van der Waals surface area contributed by atoms with Crippen LogP contribution < -0.4 is 14.8 Å². The fourth-order valence-corrected chi connectivity index (χ4v) is 1.95. The Labute approximate surface area is 133 Å². The average Bonchev–Trinajstić information content (AvgIpc) is 2.49. The number of methoxy groups -OCH3 is 1. The van der Waals surface area contributed by atoms with E-state index in [1.807, 2.05) is 32.0 Å².